The van der Waals surface area contributed by atoms with Crippen LogP contribution < -0.4 is 50.0 Å². The van der Waals surface area contributed by atoms with Gasteiger partial charge in [-0.05, 0) is 0 Å². The van der Waals surface area contributed by atoms with Gasteiger partial charge in [0.15, 0.2) is 0 Å². The van der Waals surface area contributed by atoms with Crippen LogP contribution in [0.4, 0.5) is 0 Å². The Labute approximate surface area is 123 Å². The molecule has 2 N–H and O–H groups in total. The molecule has 1 aliphatic carbocycles. The molecule has 2 heterocycles. The summed E-state index contributed by atoms with van der Waals surface area (Å²) < 4.78 is 12.9. The average Bonchev–Trinajstić information content (AvgIpc) is 3.18. The Morgan fingerprint density at radius 3 is 2.53 bits per heavy atom. The number of hydrogen-bond acceptors (Lipinski definition) is 4. The fourth-order valence-electron chi connectivity index (χ4n) is 2.50. The van der Waals surface area contributed by atoms with Gasteiger partial charge in [-0.3, -0.25) is 0 Å². The van der Waals surface area contributed by atoms with Crippen molar-refractivity contribution in [3.63, 3.8) is 0 Å². The first kappa shape index (κ1) is 12.9. The van der Waals surface area contributed by atoms with Crippen molar-refractivity contribution in [2.24, 2.45) is 0 Å². The molecule has 100 valence electrons. The Kier molecular flexibility index (Phi) is 3.59. The van der Waals surface area contributed by atoms with E-state index in [9.17, 15) is 4.79 Å². The summed E-state index contributed by atoms with van der Waals surface area (Å²) in [5, 5.41) is 0. The summed E-state index contributed by atoms with van der Waals surface area (Å²) in [6.07, 6.45) is 6.83. The van der Waals surface area contributed by atoms with Gasteiger partial charge in [-0.1, -0.05) is 0 Å². The molecule has 3 fully saturated rings. The predicted molar refractivity (Wildman–Crippen MR) is 55.0 cm³/mol. The number of esters is 1. The molecule has 0 aromatic carbocycles. The number of halogens is 2. The van der Waals surface area contributed by atoms with Gasteiger partial charge in [0.2, 0.25) is 0 Å². The number of nitrogens with one attached hydrogen (secondary N) is 2. The Hall–Kier alpha value is 0.850. The molecule has 0 radical (unpaired) electrons. The summed E-state index contributed by atoms with van der Waals surface area (Å²) in [5.74, 6) is 0.0590. The second-order valence-corrected chi connectivity index (χ2v) is 10.2. The van der Waals surface area contributed by atoms with Gasteiger partial charge in [-0.2, -0.15) is 0 Å². The third-order valence-corrected chi connectivity index (χ3v) is 10.0. The second-order valence-electron chi connectivity index (χ2n) is 4.97. The molecule has 0 amide bonds. The Morgan fingerprint density at radius 2 is 2.06 bits per heavy atom. The van der Waals surface area contributed by atoms with Gasteiger partial charge in [-0.25, -0.2) is 0 Å². The van der Waals surface area contributed by atoms with Crippen molar-refractivity contribution >= 4 is 5.97 Å². The van der Waals surface area contributed by atoms with Crippen LogP contribution >= 0.6 is 0 Å². The number of hydrogen-bond donors (Lipinski definition) is 2. The summed E-state index contributed by atoms with van der Waals surface area (Å²) in [5.41, 5.74) is -0.135. The molecule has 2 aliphatic heterocycles. The van der Waals surface area contributed by atoms with E-state index >= 15 is 0 Å². The molecule has 0 bridgehead atoms. The summed E-state index contributed by atoms with van der Waals surface area (Å²) in [6, 6.07) is 0. The zero-order chi connectivity index (χ0) is 11.9. The molecule has 2 unspecified atom stereocenters. The van der Waals surface area contributed by atoms with E-state index in [0.717, 1.165) is 19.3 Å². The van der Waals surface area contributed by atoms with Gasteiger partial charge >= 0.3 is 124 Å². The zero-order valence-electron chi connectivity index (χ0n) is 9.89. The van der Waals surface area contributed by atoms with E-state index in [1.54, 1.807) is 0 Å². The first-order valence-electron chi connectivity index (χ1n) is 6.24. The Balaban J connectivity index is 1.66. The predicted octanol–water partition coefficient (Wildman–Crippen LogP) is -5.12. The number of ether oxygens (including phenoxy) is 1. The summed E-state index contributed by atoms with van der Waals surface area (Å²) in [4.78, 5) is 12.4. The van der Waals surface area contributed by atoms with Gasteiger partial charge in [-0.15, -0.1) is 0 Å². The summed E-state index contributed by atoms with van der Waals surface area (Å²) in [7, 11) is 0. The van der Waals surface area contributed by atoms with Crippen molar-refractivity contribution in [3.05, 3.63) is 0 Å². The molecular weight excluding hydrogens is 446 g/mol. The van der Waals surface area contributed by atoms with Crippen LogP contribution in [0.1, 0.15) is 45.4 Å². The summed E-state index contributed by atoms with van der Waals surface area (Å²) in [6.45, 7) is 2.16. The minimum absolute atomic E-state index is 0.0590. The van der Waals surface area contributed by atoms with Crippen LogP contribution in [0.5, 0.6) is 0 Å². The van der Waals surface area contributed by atoms with Crippen molar-refractivity contribution in [1.29, 1.82) is 0 Å². The van der Waals surface area contributed by atoms with Gasteiger partial charge < -0.3 is 0 Å². The van der Waals surface area contributed by atoms with E-state index in [1.165, 1.54) is 19.3 Å². The number of carbonyl (C=O) groups excluding carboxylic acids is 1. The van der Waals surface area contributed by atoms with Crippen molar-refractivity contribution in [2.75, 3.05) is 0 Å². The van der Waals surface area contributed by atoms with Crippen LogP contribution in [-0.2, 0) is 9.53 Å². The van der Waals surface area contributed by atoms with Gasteiger partial charge in [0.1, 0.15) is 0 Å². The van der Waals surface area contributed by atoms with Crippen LogP contribution in [0.15, 0.2) is 0 Å². The normalized spacial score (nSPS) is 39.5. The molecule has 0 aromatic rings. The quantitative estimate of drug-likeness (QED) is 0.109. The third kappa shape index (κ3) is 2.46. The Morgan fingerprint density at radius 1 is 1.41 bits per heavy atom. The number of alkyl halides is 2. The van der Waals surface area contributed by atoms with Crippen molar-refractivity contribution in [2.45, 2.75) is 58.6 Å². The van der Waals surface area contributed by atoms with Crippen LogP contribution in [0.25, 0.3) is 0 Å². The first-order chi connectivity index (χ1) is 8.21. The van der Waals surface area contributed by atoms with Gasteiger partial charge in [0, 0.05) is 0 Å². The van der Waals surface area contributed by atoms with E-state index in [1.807, 2.05) is 0 Å². The monoisotopic (exact) mass is 464 g/mol. The van der Waals surface area contributed by atoms with Gasteiger partial charge in [0.05, 0.1) is 0 Å². The molecule has 4 nitrogen and oxygen atoms in total. The molecule has 0 aromatic heterocycles. The number of carbonyl (C=O) groups is 1. The molecule has 3 rings (SSSR count). The van der Waals surface area contributed by atoms with Gasteiger partial charge in [0.25, 0.3) is 0 Å². The van der Waals surface area contributed by atoms with Crippen LogP contribution in [0, 0.1) is 0 Å². The molecule has 1 saturated carbocycles. The topological polar surface area (TPSA) is 70.2 Å². The molecule has 0 spiro atoms. The van der Waals surface area contributed by atoms with E-state index in [2.05, 4.69) is 14.0 Å². The second kappa shape index (κ2) is 4.75. The van der Waals surface area contributed by atoms with E-state index in [4.69, 9.17) is 4.74 Å². The van der Waals surface area contributed by atoms with E-state index in [0.29, 0.717) is 4.05 Å². The van der Waals surface area contributed by atoms with Crippen molar-refractivity contribution in [3.8, 4) is 0 Å². The minimum atomic E-state index is -0.216. The standard InChI is InChI=1S/C11H18I2N2O2/c1-2-10(6-4-3-5-7-10)17-9(16)11(13-15-11)8-12-14-8/h8,14-15H,2-7H2,1H3/q-2. The molecule has 2 saturated heterocycles. The zero-order valence-corrected chi connectivity index (χ0v) is 14.2. The molecule has 6 heteroatoms. The maximum absolute atomic E-state index is 12.4. The third-order valence-electron chi connectivity index (χ3n) is 3.88. The molecular formula is C11H18I2N2O2-2. The maximum atomic E-state index is 12.4. The van der Waals surface area contributed by atoms with Crippen molar-refractivity contribution in [1.82, 2.24) is 7.06 Å². The van der Waals surface area contributed by atoms with Crippen molar-refractivity contribution < 1.29 is 52.5 Å². The fourth-order valence-corrected chi connectivity index (χ4v) is 8.34. The fraction of sp³-hybridized carbons (Fsp3) is 0.909. The molecule has 17 heavy (non-hydrogen) atoms. The van der Waals surface area contributed by atoms with E-state index < -0.39 is 0 Å². The van der Waals surface area contributed by atoms with Crippen LogP contribution in [-0.4, -0.2) is 19.2 Å². The molecule has 2 atom stereocenters. The summed E-state index contributed by atoms with van der Waals surface area (Å²) >= 11 is -0.0660. The van der Waals surface area contributed by atoms with E-state index in [-0.39, 0.29) is 58.1 Å². The Bertz CT molecular complexity index is 323. The van der Waals surface area contributed by atoms with Crippen LogP contribution in [0.2, 0.25) is 0 Å². The first-order valence-corrected chi connectivity index (χ1v) is 10.7. The average molecular weight is 464 g/mol. The number of rotatable bonds is 4. The molecule has 3 aliphatic rings. The SMILES string of the molecule is CCC1(OC(=O)C2(C3N[I-]3)N[I-]2)CCCCC1. The van der Waals surface area contributed by atoms with Crippen LogP contribution in [0.3, 0.4) is 0 Å².